The summed E-state index contributed by atoms with van der Waals surface area (Å²) in [6.07, 6.45) is 2.61. The zero-order valence-electron chi connectivity index (χ0n) is 10.8. The molecule has 6 heteroatoms. The monoisotopic (exact) mass is 253 g/mol. The molecule has 1 saturated heterocycles. The summed E-state index contributed by atoms with van der Waals surface area (Å²) < 4.78 is 12.1. The van der Waals surface area contributed by atoms with Crippen molar-refractivity contribution in [3.63, 3.8) is 0 Å². The van der Waals surface area contributed by atoms with E-state index in [4.69, 9.17) is 15.2 Å². The Morgan fingerprint density at radius 2 is 2.56 bits per heavy atom. The van der Waals surface area contributed by atoms with Crippen LogP contribution in [0, 0.1) is 5.92 Å². The highest BCUT2D eigenvalue weighted by atomic mass is 16.5. The summed E-state index contributed by atoms with van der Waals surface area (Å²) >= 11 is 0. The number of rotatable bonds is 4. The molecule has 0 aromatic carbocycles. The van der Waals surface area contributed by atoms with Crippen LogP contribution in [-0.2, 0) is 9.47 Å². The first kappa shape index (κ1) is 12.9. The van der Waals surface area contributed by atoms with E-state index in [0.717, 1.165) is 19.6 Å². The number of carbonyl (C=O) groups is 1. The van der Waals surface area contributed by atoms with Crippen molar-refractivity contribution in [1.29, 1.82) is 0 Å². The number of carbonyl (C=O) groups excluding carboxylic acids is 1. The van der Waals surface area contributed by atoms with E-state index in [0.29, 0.717) is 18.3 Å². The first-order chi connectivity index (χ1) is 8.65. The Bertz CT molecular complexity index is 424. The van der Waals surface area contributed by atoms with Crippen LogP contribution in [0.1, 0.15) is 36.8 Å². The zero-order chi connectivity index (χ0) is 13.1. The van der Waals surface area contributed by atoms with Gasteiger partial charge in [0.25, 0.3) is 0 Å². The molecule has 0 aliphatic carbocycles. The van der Waals surface area contributed by atoms with Crippen LogP contribution in [-0.4, -0.2) is 35.3 Å². The fourth-order valence-electron chi connectivity index (χ4n) is 2.21. The topological polar surface area (TPSA) is 79.4 Å². The number of nitrogens with zero attached hydrogens (tertiary/aromatic N) is 2. The fourth-order valence-corrected chi connectivity index (χ4v) is 2.21. The van der Waals surface area contributed by atoms with Crippen LogP contribution in [0.4, 0.5) is 5.82 Å². The molecule has 2 heterocycles. The molecule has 1 aliphatic heterocycles. The van der Waals surface area contributed by atoms with E-state index >= 15 is 0 Å². The molecule has 2 N–H and O–H groups in total. The van der Waals surface area contributed by atoms with Gasteiger partial charge in [-0.1, -0.05) is 0 Å². The highest BCUT2D eigenvalue weighted by molar-refractivity contribution is 5.92. The Morgan fingerprint density at radius 3 is 3.17 bits per heavy atom. The summed E-state index contributed by atoms with van der Waals surface area (Å²) in [7, 11) is 0. The van der Waals surface area contributed by atoms with Crippen molar-refractivity contribution in [3.8, 4) is 0 Å². The lowest BCUT2D eigenvalue weighted by molar-refractivity contribution is 0.0521. The van der Waals surface area contributed by atoms with Gasteiger partial charge >= 0.3 is 5.97 Å². The van der Waals surface area contributed by atoms with Crippen LogP contribution >= 0.6 is 0 Å². The van der Waals surface area contributed by atoms with E-state index < -0.39 is 5.97 Å². The lowest BCUT2D eigenvalue weighted by Crippen LogP contribution is -2.18. The van der Waals surface area contributed by atoms with E-state index in [2.05, 4.69) is 11.9 Å². The third kappa shape index (κ3) is 2.33. The van der Waals surface area contributed by atoms with Crippen molar-refractivity contribution in [3.05, 3.63) is 12.0 Å². The average Bonchev–Trinajstić information content (AvgIpc) is 2.97. The van der Waals surface area contributed by atoms with Gasteiger partial charge in [-0.3, -0.25) is 0 Å². The molecule has 0 amide bonds. The molecule has 2 rings (SSSR count). The minimum Gasteiger partial charge on any atom is -0.461 e. The smallest absolute Gasteiger partial charge is 0.360 e. The lowest BCUT2D eigenvalue weighted by Gasteiger charge is -2.20. The van der Waals surface area contributed by atoms with E-state index in [1.807, 2.05) is 4.57 Å². The van der Waals surface area contributed by atoms with Crippen molar-refractivity contribution >= 4 is 11.8 Å². The van der Waals surface area contributed by atoms with Gasteiger partial charge < -0.3 is 19.8 Å². The molecule has 1 aliphatic rings. The van der Waals surface area contributed by atoms with Crippen LogP contribution in [0.2, 0.25) is 0 Å². The van der Waals surface area contributed by atoms with Gasteiger partial charge in [0.1, 0.15) is 5.82 Å². The fraction of sp³-hybridized carbons (Fsp3) is 0.667. The van der Waals surface area contributed by atoms with Crippen molar-refractivity contribution in [1.82, 2.24) is 9.55 Å². The maximum Gasteiger partial charge on any atom is 0.360 e. The summed E-state index contributed by atoms with van der Waals surface area (Å²) in [6, 6.07) is 0.170. The molecule has 0 bridgehead atoms. The van der Waals surface area contributed by atoms with Crippen molar-refractivity contribution < 1.29 is 14.3 Å². The number of imidazole rings is 1. The molecule has 0 saturated carbocycles. The standard InChI is InChI=1S/C12H19N3O3/c1-3-18-12(16)10-11(13)15(7-14-10)8(2)9-4-5-17-6-9/h7-9H,3-6,13H2,1-2H3. The number of hydrogen-bond donors (Lipinski definition) is 1. The predicted molar refractivity (Wildman–Crippen MR) is 66.2 cm³/mol. The Balaban J connectivity index is 2.16. The van der Waals surface area contributed by atoms with E-state index in [9.17, 15) is 4.79 Å². The van der Waals surface area contributed by atoms with Crippen LogP contribution in [0.15, 0.2) is 6.33 Å². The molecule has 0 radical (unpaired) electrons. The van der Waals surface area contributed by atoms with Gasteiger partial charge in [-0.15, -0.1) is 0 Å². The quantitative estimate of drug-likeness (QED) is 0.817. The maximum absolute atomic E-state index is 11.6. The Labute approximate surface area is 106 Å². The molecule has 1 aromatic heterocycles. The van der Waals surface area contributed by atoms with Gasteiger partial charge in [0.05, 0.1) is 19.5 Å². The molecule has 18 heavy (non-hydrogen) atoms. The van der Waals surface area contributed by atoms with Crippen molar-refractivity contribution in [2.75, 3.05) is 25.6 Å². The zero-order valence-corrected chi connectivity index (χ0v) is 10.8. The second-order valence-electron chi connectivity index (χ2n) is 4.47. The van der Waals surface area contributed by atoms with Crippen molar-refractivity contribution in [2.45, 2.75) is 26.3 Å². The first-order valence-corrected chi connectivity index (χ1v) is 6.22. The molecule has 100 valence electrons. The predicted octanol–water partition coefficient (Wildman–Crippen LogP) is 1.24. The molecule has 0 spiro atoms. The summed E-state index contributed by atoms with van der Waals surface area (Å²) in [4.78, 5) is 15.7. The Hall–Kier alpha value is -1.56. The Morgan fingerprint density at radius 1 is 1.78 bits per heavy atom. The van der Waals surface area contributed by atoms with Crippen LogP contribution in [0.25, 0.3) is 0 Å². The molecule has 2 unspecified atom stereocenters. The van der Waals surface area contributed by atoms with Crippen molar-refractivity contribution in [2.24, 2.45) is 5.92 Å². The van der Waals surface area contributed by atoms with Gasteiger partial charge in [-0.2, -0.15) is 0 Å². The van der Waals surface area contributed by atoms with Gasteiger partial charge in [-0.05, 0) is 20.3 Å². The first-order valence-electron chi connectivity index (χ1n) is 6.22. The molecular weight excluding hydrogens is 234 g/mol. The van der Waals surface area contributed by atoms with E-state index in [1.165, 1.54) is 0 Å². The van der Waals surface area contributed by atoms with Gasteiger partial charge in [0, 0.05) is 18.6 Å². The average molecular weight is 253 g/mol. The molecule has 2 atom stereocenters. The minimum absolute atomic E-state index is 0.170. The second-order valence-corrected chi connectivity index (χ2v) is 4.47. The summed E-state index contributed by atoms with van der Waals surface area (Å²) in [5.41, 5.74) is 6.16. The number of aromatic nitrogens is 2. The number of hydrogen-bond acceptors (Lipinski definition) is 5. The van der Waals surface area contributed by atoms with E-state index in [-0.39, 0.29) is 11.7 Å². The normalized spacial score (nSPS) is 20.9. The summed E-state index contributed by atoms with van der Waals surface area (Å²) in [5.74, 6) is 0.313. The third-order valence-corrected chi connectivity index (χ3v) is 3.39. The SMILES string of the molecule is CCOC(=O)c1ncn(C(C)C2CCOC2)c1N. The van der Waals surface area contributed by atoms with Crippen LogP contribution < -0.4 is 5.73 Å². The van der Waals surface area contributed by atoms with Crippen LogP contribution in [0.3, 0.4) is 0 Å². The van der Waals surface area contributed by atoms with Crippen LogP contribution in [0.5, 0.6) is 0 Å². The Kier molecular flexibility index (Phi) is 3.86. The molecule has 1 fully saturated rings. The number of nitrogens with two attached hydrogens (primary N) is 1. The summed E-state index contributed by atoms with van der Waals surface area (Å²) in [6.45, 7) is 5.65. The number of anilines is 1. The largest absolute Gasteiger partial charge is 0.461 e. The second kappa shape index (κ2) is 5.39. The van der Waals surface area contributed by atoms with Gasteiger partial charge in [0.2, 0.25) is 0 Å². The van der Waals surface area contributed by atoms with E-state index in [1.54, 1.807) is 13.3 Å². The highest BCUT2D eigenvalue weighted by Crippen LogP contribution is 2.28. The third-order valence-electron chi connectivity index (χ3n) is 3.39. The summed E-state index contributed by atoms with van der Waals surface area (Å²) in [5, 5.41) is 0. The van der Waals surface area contributed by atoms with Gasteiger partial charge in [-0.25, -0.2) is 9.78 Å². The number of esters is 1. The highest BCUT2D eigenvalue weighted by Gasteiger charge is 2.27. The molecule has 1 aromatic rings. The minimum atomic E-state index is -0.469. The molecule has 6 nitrogen and oxygen atoms in total. The number of ether oxygens (including phenoxy) is 2. The number of nitrogen functional groups attached to an aromatic ring is 1. The molecular formula is C12H19N3O3. The van der Waals surface area contributed by atoms with Gasteiger partial charge in [0.15, 0.2) is 5.69 Å². The lowest BCUT2D eigenvalue weighted by atomic mass is 10.0. The maximum atomic E-state index is 11.6.